The maximum atomic E-state index is 12.7. The van der Waals surface area contributed by atoms with Crippen LogP contribution < -0.4 is 0 Å². The molecule has 2 aromatic carbocycles. The Kier molecular flexibility index (Phi) is 4.26. The first-order chi connectivity index (χ1) is 12.2. The Morgan fingerprint density at radius 2 is 1.80 bits per heavy atom. The molecule has 25 heavy (non-hydrogen) atoms. The van der Waals surface area contributed by atoms with E-state index in [9.17, 15) is 4.79 Å². The lowest BCUT2D eigenvalue weighted by Gasteiger charge is -2.20. The second kappa shape index (κ2) is 6.71. The summed E-state index contributed by atoms with van der Waals surface area (Å²) in [5.74, 6) is 0.700. The van der Waals surface area contributed by atoms with E-state index in [0.717, 1.165) is 24.1 Å². The number of nitrogens with zero attached hydrogens (tertiary/aromatic N) is 2. The van der Waals surface area contributed by atoms with Crippen LogP contribution in [0.3, 0.4) is 0 Å². The van der Waals surface area contributed by atoms with Gasteiger partial charge in [0.2, 0.25) is 5.91 Å². The number of oxime groups is 1. The van der Waals surface area contributed by atoms with E-state index in [1.165, 1.54) is 5.56 Å². The SMILES string of the molecule is CN(C[C@H]1CC(c2ccccc2)=NO1)C(=O)[C@@H]1C[C@H]1c1ccccc1. The lowest BCUT2D eigenvalue weighted by molar-refractivity contribution is -0.132. The minimum Gasteiger partial charge on any atom is -0.390 e. The van der Waals surface area contributed by atoms with Crippen molar-refractivity contribution >= 4 is 11.6 Å². The number of amides is 1. The molecule has 0 N–H and O–H groups in total. The lowest BCUT2D eigenvalue weighted by Crippen LogP contribution is -2.35. The van der Waals surface area contributed by atoms with Crippen LogP contribution in [0.1, 0.15) is 29.9 Å². The van der Waals surface area contributed by atoms with E-state index in [0.29, 0.717) is 12.5 Å². The Bertz CT molecular complexity index is 773. The lowest BCUT2D eigenvalue weighted by atomic mass is 10.0. The number of benzene rings is 2. The number of likely N-dealkylation sites (N-methyl/N-ethyl adjacent to an activating group) is 1. The van der Waals surface area contributed by atoms with Crippen molar-refractivity contribution in [3.05, 3.63) is 71.8 Å². The number of rotatable bonds is 5. The Labute approximate surface area is 148 Å². The first-order valence-corrected chi connectivity index (χ1v) is 8.80. The van der Waals surface area contributed by atoms with Gasteiger partial charge in [-0.1, -0.05) is 65.8 Å². The molecular weight excluding hydrogens is 312 g/mol. The van der Waals surface area contributed by atoms with Gasteiger partial charge in [-0.2, -0.15) is 0 Å². The maximum absolute atomic E-state index is 12.7. The summed E-state index contributed by atoms with van der Waals surface area (Å²) in [7, 11) is 1.87. The van der Waals surface area contributed by atoms with Crippen LogP contribution in [0, 0.1) is 5.92 Å². The van der Waals surface area contributed by atoms with E-state index >= 15 is 0 Å². The minimum absolute atomic E-state index is 0.0573. The van der Waals surface area contributed by atoms with Gasteiger partial charge in [-0.25, -0.2) is 0 Å². The number of carbonyl (C=O) groups is 1. The highest BCUT2D eigenvalue weighted by Crippen LogP contribution is 2.48. The molecule has 0 unspecified atom stereocenters. The maximum Gasteiger partial charge on any atom is 0.226 e. The van der Waals surface area contributed by atoms with Crippen molar-refractivity contribution < 1.29 is 9.63 Å². The quantitative estimate of drug-likeness (QED) is 0.840. The molecule has 1 heterocycles. The van der Waals surface area contributed by atoms with Crippen LogP contribution >= 0.6 is 0 Å². The zero-order valence-electron chi connectivity index (χ0n) is 14.3. The average molecular weight is 334 g/mol. The zero-order chi connectivity index (χ0) is 17.2. The molecule has 0 spiro atoms. The fourth-order valence-electron chi connectivity index (χ4n) is 3.54. The van der Waals surface area contributed by atoms with Gasteiger partial charge in [-0.15, -0.1) is 0 Å². The second-order valence-electron chi connectivity index (χ2n) is 6.91. The number of hydrogen-bond donors (Lipinski definition) is 0. The van der Waals surface area contributed by atoms with E-state index in [4.69, 9.17) is 4.84 Å². The fourth-order valence-corrected chi connectivity index (χ4v) is 3.54. The van der Waals surface area contributed by atoms with Crippen molar-refractivity contribution in [2.24, 2.45) is 11.1 Å². The molecule has 0 saturated heterocycles. The van der Waals surface area contributed by atoms with E-state index in [1.54, 1.807) is 0 Å². The molecule has 0 bridgehead atoms. The fraction of sp³-hybridized carbons (Fsp3) is 0.333. The van der Waals surface area contributed by atoms with Crippen molar-refractivity contribution in [2.45, 2.75) is 24.9 Å². The molecule has 128 valence electrons. The van der Waals surface area contributed by atoms with E-state index in [-0.39, 0.29) is 17.9 Å². The Morgan fingerprint density at radius 3 is 2.52 bits per heavy atom. The van der Waals surface area contributed by atoms with Crippen LogP contribution in [-0.2, 0) is 9.63 Å². The molecule has 4 heteroatoms. The highest BCUT2D eigenvalue weighted by molar-refractivity contribution is 6.01. The number of hydrogen-bond acceptors (Lipinski definition) is 3. The molecule has 1 aliphatic heterocycles. The van der Waals surface area contributed by atoms with Crippen molar-refractivity contribution in [1.82, 2.24) is 4.90 Å². The smallest absolute Gasteiger partial charge is 0.226 e. The van der Waals surface area contributed by atoms with Crippen LogP contribution in [0.4, 0.5) is 0 Å². The summed E-state index contributed by atoms with van der Waals surface area (Å²) in [4.78, 5) is 20.0. The third-order valence-electron chi connectivity index (χ3n) is 5.03. The summed E-state index contributed by atoms with van der Waals surface area (Å²) >= 11 is 0. The van der Waals surface area contributed by atoms with Crippen LogP contribution in [0.5, 0.6) is 0 Å². The van der Waals surface area contributed by atoms with Gasteiger partial charge in [-0.05, 0) is 23.5 Å². The molecule has 4 rings (SSSR count). The average Bonchev–Trinajstić information content (AvgIpc) is 3.33. The van der Waals surface area contributed by atoms with Gasteiger partial charge in [-0.3, -0.25) is 4.79 Å². The summed E-state index contributed by atoms with van der Waals surface area (Å²) in [6.45, 7) is 0.580. The minimum atomic E-state index is -0.0573. The molecule has 1 fully saturated rings. The molecule has 4 nitrogen and oxygen atoms in total. The molecular formula is C21H22N2O2. The van der Waals surface area contributed by atoms with Gasteiger partial charge in [0, 0.05) is 19.4 Å². The predicted molar refractivity (Wildman–Crippen MR) is 97.4 cm³/mol. The van der Waals surface area contributed by atoms with Crippen LogP contribution in [0.25, 0.3) is 0 Å². The Morgan fingerprint density at radius 1 is 1.12 bits per heavy atom. The van der Waals surface area contributed by atoms with Crippen molar-refractivity contribution in [2.75, 3.05) is 13.6 Å². The first kappa shape index (κ1) is 15.9. The molecule has 1 aliphatic carbocycles. The van der Waals surface area contributed by atoms with Gasteiger partial charge >= 0.3 is 0 Å². The largest absolute Gasteiger partial charge is 0.390 e. The monoisotopic (exact) mass is 334 g/mol. The standard InChI is InChI=1S/C21H22N2O2/c1-23(21(24)19-13-18(19)15-8-4-2-5-9-15)14-17-12-20(22-25-17)16-10-6-3-7-11-16/h2-11,17-19H,12-14H2,1H3/t17-,18+,19-/m1/s1. The zero-order valence-corrected chi connectivity index (χ0v) is 14.3. The Hall–Kier alpha value is -2.62. The molecule has 0 radical (unpaired) electrons. The van der Waals surface area contributed by atoms with E-state index in [1.807, 2.05) is 60.5 Å². The van der Waals surface area contributed by atoms with Gasteiger partial charge in [0.15, 0.2) is 6.10 Å². The van der Waals surface area contributed by atoms with Gasteiger partial charge in [0.25, 0.3) is 0 Å². The summed E-state index contributed by atoms with van der Waals surface area (Å²) in [6, 6.07) is 20.4. The molecule has 2 aliphatic rings. The van der Waals surface area contributed by atoms with Gasteiger partial charge < -0.3 is 9.74 Å². The molecule has 3 atom stereocenters. The van der Waals surface area contributed by atoms with Crippen LogP contribution in [-0.4, -0.2) is 36.2 Å². The third-order valence-corrected chi connectivity index (χ3v) is 5.03. The first-order valence-electron chi connectivity index (χ1n) is 8.80. The number of carbonyl (C=O) groups excluding carboxylic acids is 1. The Balaban J connectivity index is 1.30. The van der Waals surface area contributed by atoms with Crippen molar-refractivity contribution in [3.8, 4) is 0 Å². The summed E-state index contributed by atoms with van der Waals surface area (Å²) in [5.41, 5.74) is 3.31. The molecule has 2 aromatic rings. The highest BCUT2D eigenvalue weighted by atomic mass is 16.6. The predicted octanol–water partition coefficient (Wildman–Crippen LogP) is 3.44. The summed E-state index contributed by atoms with van der Waals surface area (Å²) < 4.78 is 0. The second-order valence-corrected chi connectivity index (χ2v) is 6.91. The summed E-state index contributed by atoms with van der Waals surface area (Å²) in [6.07, 6.45) is 1.64. The molecule has 1 saturated carbocycles. The summed E-state index contributed by atoms with van der Waals surface area (Å²) in [5, 5.41) is 4.20. The van der Waals surface area contributed by atoms with Crippen LogP contribution in [0.15, 0.2) is 65.8 Å². The molecule has 1 amide bonds. The highest BCUT2D eigenvalue weighted by Gasteiger charge is 2.45. The van der Waals surface area contributed by atoms with Gasteiger partial charge in [0.1, 0.15) is 0 Å². The van der Waals surface area contributed by atoms with E-state index in [2.05, 4.69) is 17.3 Å². The third kappa shape index (κ3) is 3.43. The van der Waals surface area contributed by atoms with Crippen molar-refractivity contribution in [3.63, 3.8) is 0 Å². The van der Waals surface area contributed by atoms with Crippen molar-refractivity contribution in [1.29, 1.82) is 0 Å². The topological polar surface area (TPSA) is 41.9 Å². The molecule has 0 aromatic heterocycles. The van der Waals surface area contributed by atoms with Gasteiger partial charge in [0.05, 0.1) is 12.3 Å². The normalized spacial score (nSPS) is 24.4. The van der Waals surface area contributed by atoms with E-state index < -0.39 is 0 Å². The van der Waals surface area contributed by atoms with Crippen LogP contribution in [0.2, 0.25) is 0 Å².